The average Bonchev–Trinajstić information content (AvgIpc) is 2.62. The van der Waals surface area contributed by atoms with Crippen LogP contribution in [0, 0.1) is 0 Å². The molecule has 0 saturated carbocycles. The number of rotatable bonds is 2. The van der Waals surface area contributed by atoms with Gasteiger partial charge in [0.05, 0.1) is 17.7 Å². The Bertz CT molecular complexity index is 348. The lowest BCUT2D eigenvalue weighted by atomic mass is 10.0. The maximum atomic E-state index is 11.0. The molecule has 1 atom stereocenters. The second kappa shape index (κ2) is 3.42. The zero-order valence-electron chi connectivity index (χ0n) is 8.03. The van der Waals surface area contributed by atoms with E-state index in [1.54, 1.807) is 6.33 Å². The lowest BCUT2D eigenvalue weighted by Crippen LogP contribution is -2.45. The van der Waals surface area contributed by atoms with Crippen LogP contribution in [0.15, 0.2) is 6.33 Å². The van der Waals surface area contributed by atoms with Crippen LogP contribution >= 0.6 is 0 Å². The number of aliphatic carboxylic acids is 1. The van der Waals surface area contributed by atoms with E-state index in [4.69, 9.17) is 5.11 Å². The van der Waals surface area contributed by atoms with Gasteiger partial charge in [0.2, 0.25) is 0 Å². The van der Waals surface area contributed by atoms with Crippen LogP contribution in [0.3, 0.4) is 0 Å². The summed E-state index contributed by atoms with van der Waals surface area (Å²) in [6, 6.07) is -0.421. The highest BCUT2D eigenvalue weighted by molar-refractivity contribution is 5.74. The first-order chi connectivity index (χ1) is 6.72. The monoisotopic (exact) mass is 195 g/mol. The van der Waals surface area contributed by atoms with Gasteiger partial charge in [-0.05, 0) is 6.54 Å². The van der Waals surface area contributed by atoms with Gasteiger partial charge in [-0.15, -0.1) is 0 Å². The van der Waals surface area contributed by atoms with E-state index in [0.717, 1.165) is 17.9 Å². The minimum Gasteiger partial charge on any atom is -0.480 e. The molecule has 0 spiro atoms. The normalized spacial score (nSPS) is 21.9. The van der Waals surface area contributed by atoms with Crippen molar-refractivity contribution in [2.24, 2.45) is 0 Å². The number of aromatic amines is 1. The Balaban J connectivity index is 2.26. The van der Waals surface area contributed by atoms with E-state index >= 15 is 0 Å². The van der Waals surface area contributed by atoms with E-state index in [0.29, 0.717) is 13.0 Å². The fourth-order valence-electron chi connectivity index (χ4n) is 1.86. The summed E-state index contributed by atoms with van der Waals surface area (Å²) in [5.41, 5.74) is 1.94. The Labute approximate surface area is 81.8 Å². The Hall–Kier alpha value is -1.36. The third kappa shape index (κ3) is 1.39. The van der Waals surface area contributed by atoms with Crippen LogP contribution in [0.2, 0.25) is 0 Å². The van der Waals surface area contributed by atoms with Gasteiger partial charge in [0.1, 0.15) is 6.04 Å². The topological polar surface area (TPSA) is 69.2 Å². The Morgan fingerprint density at radius 2 is 2.64 bits per heavy atom. The Kier molecular flexibility index (Phi) is 2.25. The Morgan fingerprint density at radius 3 is 3.29 bits per heavy atom. The number of H-pyrrole nitrogens is 1. The minimum absolute atomic E-state index is 0.421. The van der Waals surface area contributed by atoms with Crippen molar-refractivity contribution in [3.63, 3.8) is 0 Å². The van der Waals surface area contributed by atoms with Crippen molar-refractivity contribution < 1.29 is 9.90 Å². The van der Waals surface area contributed by atoms with Crippen molar-refractivity contribution in [2.45, 2.75) is 25.9 Å². The lowest BCUT2D eigenvalue weighted by Gasteiger charge is -2.30. The number of carbonyl (C=O) groups is 1. The maximum absolute atomic E-state index is 11.0. The first-order valence-corrected chi connectivity index (χ1v) is 4.70. The third-order valence-corrected chi connectivity index (χ3v) is 2.69. The van der Waals surface area contributed by atoms with Crippen molar-refractivity contribution in [1.82, 2.24) is 14.9 Å². The maximum Gasteiger partial charge on any atom is 0.321 e. The molecule has 2 rings (SSSR count). The number of hydrogen-bond donors (Lipinski definition) is 2. The largest absolute Gasteiger partial charge is 0.480 e. The van der Waals surface area contributed by atoms with E-state index in [2.05, 4.69) is 9.97 Å². The quantitative estimate of drug-likeness (QED) is 0.709. The summed E-state index contributed by atoms with van der Waals surface area (Å²) in [7, 11) is 0. The summed E-state index contributed by atoms with van der Waals surface area (Å²) in [5, 5.41) is 9.02. The average molecular weight is 195 g/mol. The van der Waals surface area contributed by atoms with Gasteiger partial charge in [-0.1, -0.05) is 6.92 Å². The molecule has 2 N–H and O–H groups in total. The van der Waals surface area contributed by atoms with Gasteiger partial charge >= 0.3 is 5.97 Å². The first-order valence-electron chi connectivity index (χ1n) is 4.70. The minimum atomic E-state index is -0.763. The van der Waals surface area contributed by atoms with Crippen LogP contribution in [0.4, 0.5) is 0 Å². The van der Waals surface area contributed by atoms with Gasteiger partial charge in [0, 0.05) is 13.0 Å². The highest BCUT2D eigenvalue weighted by atomic mass is 16.4. The van der Waals surface area contributed by atoms with Gasteiger partial charge in [-0.25, -0.2) is 4.98 Å². The highest BCUT2D eigenvalue weighted by Crippen LogP contribution is 2.19. The molecule has 2 heterocycles. The zero-order valence-corrected chi connectivity index (χ0v) is 8.03. The molecule has 14 heavy (non-hydrogen) atoms. The van der Waals surface area contributed by atoms with Crippen molar-refractivity contribution in [3.8, 4) is 0 Å². The molecule has 5 nitrogen and oxygen atoms in total. The number of carboxylic acids is 1. The third-order valence-electron chi connectivity index (χ3n) is 2.69. The number of fused-ring (bicyclic) bond motifs is 1. The number of likely N-dealkylation sites (N-methyl/N-ethyl adjacent to an activating group) is 1. The van der Waals surface area contributed by atoms with E-state index in [-0.39, 0.29) is 0 Å². The molecule has 0 aliphatic carbocycles. The molecule has 1 aromatic heterocycles. The molecular weight excluding hydrogens is 182 g/mol. The van der Waals surface area contributed by atoms with Gasteiger partial charge in [0.15, 0.2) is 0 Å². The molecule has 76 valence electrons. The van der Waals surface area contributed by atoms with Crippen LogP contribution in [0.25, 0.3) is 0 Å². The first kappa shape index (κ1) is 9.21. The molecule has 1 aliphatic rings. The van der Waals surface area contributed by atoms with Crippen LogP contribution in [0.1, 0.15) is 18.3 Å². The van der Waals surface area contributed by atoms with Crippen LogP contribution < -0.4 is 0 Å². The number of hydrogen-bond acceptors (Lipinski definition) is 3. The zero-order chi connectivity index (χ0) is 10.1. The number of nitrogens with zero attached hydrogens (tertiary/aromatic N) is 2. The summed E-state index contributed by atoms with van der Waals surface area (Å²) in [5.74, 6) is -0.763. The molecular formula is C9H13N3O2. The van der Waals surface area contributed by atoms with Crippen LogP contribution in [-0.2, 0) is 17.8 Å². The van der Waals surface area contributed by atoms with Crippen LogP contribution in [-0.4, -0.2) is 38.5 Å². The molecule has 0 amide bonds. The summed E-state index contributed by atoms with van der Waals surface area (Å²) < 4.78 is 0. The molecule has 1 aromatic rings. The number of nitrogens with one attached hydrogen (secondary N) is 1. The summed E-state index contributed by atoms with van der Waals surface area (Å²) in [6.45, 7) is 3.37. The predicted molar refractivity (Wildman–Crippen MR) is 49.8 cm³/mol. The lowest BCUT2D eigenvalue weighted by molar-refractivity contribution is -0.143. The molecule has 0 aromatic carbocycles. The summed E-state index contributed by atoms with van der Waals surface area (Å²) in [6.07, 6.45) is 2.13. The highest BCUT2D eigenvalue weighted by Gasteiger charge is 2.31. The fraction of sp³-hybridized carbons (Fsp3) is 0.556. The molecule has 0 fully saturated rings. The second-order valence-electron chi connectivity index (χ2n) is 3.45. The van der Waals surface area contributed by atoms with E-state index in [1.165, 1.54) is 0 Å². The van der Waals surface area contributed by atoms with Gasteiger partial charge in [-0.3, -0.25) is 9.69 Å². The Morgan fingerprint density at radius 1 is 1.86 bits per heavy atom. The number of carboxylic acid groups (broad SMARTS) is 1. The van der Waals surface area contributed by atoms with Gasteiger partial charge in [0.25, 0.3) is 0 Å². The standard InChI is InChI=1S/C9H13N3O2/c1-2-12-4-7-6(10-5-11-7)3-8(12)9(13)14/h5,8H,2-4H2,1H3,(H,10,11)(H,13,14)/t8-/m0/s1. The smallest absolute Gasteiger partial charge is 0.321 e. The number of imidazole rings is 1. The predicted octanol–water partition coefficient (Wildman–Crippen LogP) is 0.241. The fourth-order valence-corrected chi connectivity index (χ4v) is 1.86. The summed E-state index contributed by atoms with van der Waals surface area (Å²) >= 11 is 0. The van der Waals surface area contributed by atoms with E-state index in [1.807, 2.05) is 11.8 Å². The van der Waals surface area contributed by atoms with Crippen molar-refractivity contribution in [3.05, 3.63) is 17.7 Å². The molecule has 0 saturated heterocycles. The summed E-state index contributed by atoms with van der Waals surface area (Å²) in [4.78, 5) is 20.1. The number of aromatic nitrogens is 2. The van der Waals surface area contributed by atoms with Crippen molar-refractivity contribution in [1.29, 1.82) is 0 Å². The van der Waals surface area contributed by atoms with Crippen molar-refractivity contribution in [2.75, 3.05) is 6.54 Å². The van der Waals surface area contributed by atoms with Crippen molar-refractivity contribution >= 4 is 5.97 Å². The van der Waals surface area contributed by atoms with E-state index < -0.39 is 12.0 Å². The van der Waals surface area contributed by atoms with Gasteiger partial charge < -0.3 is 10.1 Å². The molecule has 1 aliphatic heterocycles. The molecule has 0 unspecified atom stereocenters. The SMILES string of the molecule is CCN1Cc2[nH]cnc2C[C@H]1C(=O)O. The second-order valence-corrected chi connectivity index (χ2v) is 3.45. The van der Waals surface area contributed by atoms with Crippen LogP contribution in [0.5, 0.6) is 0 Å². The molecule has 0 radical (unpaired) electrons. The van der Waals surface area contributed by atoms with E-state index in [9.17, 15) is 4.79 Å². The molecule has 5 heteroatoms. The van der Waals surface area contributed by atoms with Gasteiger partial charge in [-0.2, -0.15) is 0 Å². The molecule has 0 bridgehead atoms.